The van der Waals surface area contributed by atoms with Crippen molar-refractivity contribution in [1.82, 2.24) is 14.7 Å². The highest BCUT2D eigenvalue weighted by molar-refractivity contribution is 5.11. The lowest BCUT2D eigenvalue weighted by molar-refractivity contribution is 0.251. The van der Waals surface area contributed by atoms with E-state index >= 15 is 0 Å². The highest BCUT2D eigenvalue weighted by atomic mass is 15.3. The van der Waals surface area contributed by atoms with E-state index in [1.165, 1.54) is 31.5 Å². The van der Waals surface area contributed by atoms with Gasteiger partial charge in [-0.2, -0.15) is 5.10 Å². The van der Waals surface area contributed by atoms with Crippen molar-refractivity contribution in [2.24, 2.45) is 5.73 Å². The number of nitrogens with two attached hydrogens (primary N) is 1. The predicted octanol–water partition coefficient (Wildman–Crippen LogP) is 0.999. The van der Waals surface area contributed by atoms with Crippen LogP contribution < -0.4 is 5.73 Å². The molecule has 4 heteroatoms. The average Bonchev–Trinajstić information content (AvgIpc) is 2.89. The smallest absolute Gasteiger partial charge is 0.0538 e. The Morgan fingerprint density at radius 2 is 2.20 bits per heavy atom. The molecule has 0 spiro atoms. The summed E-state index contributed by atoms with van der Waals surface area (Å²) in [6, 6.07) is 0.368. The van der Waals surface area contributed by atoms with Crippen LogP contribution >= 0.6 is 0 Å². The molecule has 2 heterocycles. The van der Waals surface area contributed by atoms with Gasteiger partial charge in [-0.1, -0.05) is 0 Å². The summed E-state index contributed by atoms with van der Waals surface area (Å²) in [6.07, 6.45) is 6.69. The van der Waals surface area contributed by atoms with E-state index in [1.54, 1.807) is 0 Å². The number of likely N-dealkylation sites (tertiary alicyclic amines) is 1. The molecule has 1 aromatic heterocycles. The molecule has 1 aliphatic heterocycles. The van der Waals surface area contributed by atoms with Crippen molar-refractivity contribution in [1.29, 1.82) is 0 Å². The van der Waals surface area contributed by atoms with Gasteiger partial charge in [0.2, 0.25) is 0 Å². The van der Waals surface area contributed by atoms with Crippen molar-refractivity contribution in [2.75, 3.05) is 19.6 Å². The second-order valence-electron chi connectivity index (χ2n) is 4.12. The summed E-state index contributed by atoms with van der Waals surface area (Å²) in [5.41, 5.74) is 7.12. The van der Waals surface area contributed by atoms with Crippen LogP contribution in [0.1, 0.15) is 31.4 Å². The van der Waals surface area contributed by atoms with Gasteiger partial charge in [0.25, 0.3) is 0 Å². The maximum atomic E-state index is 5.86. The quantitative estimate of drug-likeness (QED) is 0.803. The number of nitrogens with zero attached hydrogens (tertiary/aromatic N) is 3. The molecule has 1 atom stereocenters. The number of aryl methyl sites for hydroxylation is 1. The third-order valence-electron chi connectivity index (χ3n) is 3.17. The molecule has 0 aromatic carbocycles. The summed E-state index contributed by atoms with van der Waals surface area (Å²) < 4.78 is 1.97. The minimum Gasteiger partial charge on any atom is -0.329 e. The minimum atomic E-state index is 0.368. The number of hydrogen-bond donors (Lipinski definition) is 1. The molecule has 1 unspecified atom stereocenters. The Labute approximate surface area is 91.1 Å². The van der Waals surface area contributed by atoms with E-state index in [1.807, 2.05) is 10.9 Å². The lowest BCUT2D eigenvalue weighted by Gasteiger charge is -2.24. The Morgan fingerprint density at radius 1 is 1.47 bits per heavy atom. The fourth-order valence-corrected chi connectivity index (χ4v) is 2.27. The molecule has 1 aliphatic rings. The Bertz CT molecular complexity index is 301. The molecule has 0 radical (unpaired) electrons. The summed E-state index contributed by atoms with van der Waals surface area (Å²) in [4.78, 5) is 2.47. The fourth-order valence-electron chi connectivity index (χ4n) is 2.27. The van der Waals surface area contributed by atoms with Gasteiger partial charge in [-0.3, -0.25) is 9.58 Å². The van der Waals surface area contributed by atoms with Crippen molar-refractivity contribution in [2.45, 2.75) is 32.4 Å². The van der Waals surface area contributed by atoms with Crippen LogP contribution in [0.3, 0.4) is 0 Å². The molecule has 2 rings (SSSR count). The van der Waals surface area contributed by atoms with Crippen LogP contribution in [0, 0.1) is 0 Å². The predicted molar refractivity (Wildman–Crippen MR) is 60.5 cm³/mol. The van der Waals surface area contributed by atoms with Crippen LogP contribution in [-0.4, -0.2) is 34.3 Å². The second kappa shape index (κ2) is 4.77. The number of rotatable bonds is 4. The van der Waals surface area contributed by atoms with Gasteiger partial charge in [0.05, 0.1) is 12.2 Å². The topological polar surface area (TPSA) is 47.1 Å². The summed E-state index contributed by atoms with van der Waals surface area (Å²) in [7, 11) is 0. The Kier molecular flexibility index (Phi) is 3.38. The molecule has 1 aromatic rings. The van der Waals surface area contributed by atoms with Crippen LogP contribution in [-0.2, 0) is 6.54 Å². The summed E-state index contributed by atoms with van der Waals surface area (Å²) in [5.74, 6) is 0. The zero-order valence-electron chi connectivity index (χ0n) is 9.39. The van der Waals surface area contributed by atoms with Crippen molar-refractivity contribution < 1.29 is 0 Å². The van der Waals surface area contributed by atoms with Gasteiger partial charge in [0.15, 0.2) is 0 Å². The van der Waals surface area contributed by atoms with Gasteiger partial charge >= 0.3 is 0 Å². The summed E-state index contributed by atoms with van der Waals surface area (Å²) in [5, 5.41) is 4.31. The third-order valence-corrected chi connectivity index (χ3v) is 3.17. The first-order valence-corrected chi connectivity index (χ1v) is 5.81. The van der Waals surface area contributed by atoms with Gasteiger partial charge < -0.3 is 5.73 Å². The zero-order chi connectivity index (χ0) is 10.7. The lowest BCUT2D eigenvalue weighted by Crippen LogP contribution is -2.31. The van der Waals surface area contributed by atoms with E-state index in [2.05, 4.69) is 23.1 Å². The highest BCUT2D eigenvalue weighted by Gasteiger charge is 2.22. The van der Waals surface area contributed by atoms with Crippen molar-refractivity contribution in [3.63, 3.8) is 0 Å². The molecule has 15 heavy (non-hydrogen) atoms. The first kappa shape index (κ1) is 10.6. The summed E-state index contributed by atoms with van der Waals surface area (Å²) in [6.45, 7) is 6.08. The van der Waals surface area contributed by atoms with E-state index in [0.717, 1.165) is 6.54 Å². The lowest BCUT2D eigenvalue weighted by atomic mass is 10.1. The van der Waals surface area contributed by atoms with Gasteiger partial charge in [0, 0.05) is 24.8 Å². The highest BCUT2D eigenvalue weighted by Crippen LogP contribution is 2.23. The molecular weight excluding hydrogens is 188 g/mol. The van der Waals surface area contributed by atoms with E-state index in [9.17, 15) is 0 Å². The second-order valence-corrected chi connectivity index (χ2v) is 4.12. The SMILES string of the molecule is CCn1cc(C(CN)N2CCCC2)cn1. The van der Waals surface area contributed by atoms with E-state index in [0.29, 0.717) is 12.6 Å². The minimum absolute atomic E-state index is 0.368. The average molecular weight is 208 g/mol. The maximum Gasteiger partial charge on any atom is 0.0538 e. The standard InChI is InChI=1S/C11H20N4/c1-2-15-9-10(8-13-15)11(7-12)14-5-3-4-6-14/h8-9,11H,2-7,12H2,1H3. The van der Waals surface area contributed by atoms with Crippen LogP contribution in [0.5, 0.6) is 0 Å². The normalized spacial score (nSPS) is 19.6. The van der Waals surface area contributed by atoms with Crippen molar-refractivity contribution >= 4 is 0 Å². The number of aromatic nitrogens is 2. The molecule has 1 fully saturated rings. The van der Waals surface area contributed by atoms with Gasteiger partial charge in [0.1, 0.15) is 0 Å². The largest absolute Gasteiger partial charge is 0.329 e. The van der Waals surface area contributed by atoms with Crippen LogP contribution in [0.25, 0.3) is 0 Å². The Balaban J connectivity index is 2.10. The molecule has 0 aliphatic carbocycles. The molecule has 0 bridgehead atoms. The zero-order valence-corrected chi connectivity index (χ0v) is 9.39. The van der Waals surface area contributed by atoms with Crippen LogP contribution in [0.4, 0.5) is 0 Å². The molecular formula is C11H20N4. The fraction of sp³-hybridized carbons (Fsp3) is 0.727. The molecule has 0 saturated carbocycles. The molecule has 4 nitrogen and oxygen atoms in total. The Hall–Kier alpha value is -0.870. The molecule has 2 N–H and O–H groups in total. The van der Waals surface area contributed by atoms with Gasteiger partial charge in [-0.05, 0) is 32.9 Å². The van der Waals surface area contributed by atoms with Crippen molar-refractivity contribution in [3.05, 3.63) is 18.0 Å². The molecule has 1 saturated heterocycles. The Morgan fingerprint density at radius 3 is 2.73 bits per heavy atom. The van der Waals surface area contributed by atoms with Crippen LogP contribution in [0.15, 0.2) is 12.4 Å². The molecule has 84 valence electrons. The summed E-state index contributed by atoms with van der Waals surface area (Å²) >= 11 is 0. The van der Waals surface area contributed by atoms with E-state index in [-0.39, 0.29) is 0 Å². The first-order valence-electron chi connectivity index (χ1n) is 5.81. The van der Waals surface area contributed by atoms with Gasteiger partial charge in [-0.25, -0.2) is 0 Å². The van der Waals surface area contributed by atoms with Gasteiger partial charge in [-0.15, -0.1) is 0 Å². The first-order chi connectivity index (χ1) is 7.35. The van der Waals surface area contributed by atoms with E-state index in [4.69, 9.17) is 5.73 Å². The van der Waals surface area contributed by atoms with E-state index < -0.39 is 0 Å². The van der Waals surface area contributed by atoms with Crippen LogP contribution in [0.2, 0.25) is 0 Å². The monoisotopic (exact) mass is 208 g/mol. The third kappa shape index (κ3) is 2.21. The maximum absolute atomic E-state index is 5.86. The molecule has 0 amide bonds. The number of hydrogen-bond acceptors (Lipinski definition) is 3. The van der Waals surface area contributed by atoms with Crippen molar-refractivity contribution in [3.8, 4) is 0 Å².